The average molecular weight is 333 g/mol. The van der Waals surface area contributed by atoms with E-state index in [1.54, 1.807) is 24.0 Å². The molecule has 0 aromatic heterocycles. The highest BCUT2D eigenvalue weighted by Crippen LogP contribution is 2.40. The van der Waals surface area contributed by atoms with E-state index in [-0.39, 0.29) is 35.8 Å². The highest BCUT2D eigenvalue weighted by atomic mass is 19.1. The molecule has 2 aliphatic rings. The monoisotopic (exact) mass is 333 g/mol. The van der Waals surface area contributed by atoms with Gasteiger partial charge in [0.25, 0.3) is 0 Å². The maximum atomic E-state index is 13.0. The van der Waals surface area contributed by atoms with Crippen molar-refractivity contribution in [2.45, 2.75) is 44.2 Å². The number of hydrogen-bond donors (Lipinski definition) is 1. The molecule has 1 aromatic rings. The average Bonchev–Trinajstić information content (AvgIpc) is 3.34. The molecule has 2 fully saturated rings. The van der Waals surface area contributed by atoms with Gasteiger partial charge in [0.05, 0.1) is 0 Å². The van der Waals surface area contributed by atoms with Gasteiger partial charge in [-0.05, 0) is 37.0 Å². The lowest BCUT2D eigenvalue weighted by Gasteiger charge is -2.36. The number of rotatable bonds is 3. The van der Waals surface area contributed by atoms with Gasteiger partial charge >= 0.3 is 6.03 Å². The highest BCUT2D eigenvalue weighted by Gasteiger charge is 2.40. The van der Waals surface area contributed by atoms with E-state index in [4.69, 9.17) is 0 Å². The van der Waals surface area contributed by atoms with Crippen LogP contribution in [0.1, 0.15) is 37.7 Å². The van der Waals surface area contributed by atoms with Crippen molar-refractivity contribution in [3.8, 4) is 0 Å². The second kappa shape index (κ2) is 6.79. The predicted octanol–water partition coefficient (Wildman–Crippen LogP) is 2.33. The number of carbonyl (C=O) groups is 2. The SMILES string of the molecule is CC(=O)N(C)C1CCN(C(=O)NC2CC2c2ccc(F)cc2)CC1. The summed E-state index contributed by atoms with van der Waals surface area (Å²) in [5.74, 6) is 0.118. The molecule has 24 heavy (non-hydrogen) atoms. The molecule has 0 radical (unpaired) electrons. The lowest BCUT2D eigenvalue weighted by atomic mass is 10.0. The van der Waals surface area contributed by atoms with Crippen molar-refractivity contribution < 1.29 is 14.0 Å². The molecule has 2 unspecified atom stereocenters. The summed E-state index contributed by atoms with van der Waals surface area (Å²) in [7, 11) is 1.82. The summed E-state index contributed by atoms with van der Waals surface area (Å²) >= 11 is 0. The van der Waals surface area contributed by atoms with Gasteiger partial charge in [-0.25, -0.2) is 9.18 Å². The number of urea groups is 1. The number of halogens is 1. The number of benzene rings is 1. The van der Waals surface area contributed by atoms with Crippen LogP contribution in [0.15, 0.2) is 24.3 Å². The third-order valence-electron chi connectivity index (χ3n) is 5.19. The fraction of sp³-hybridized carbons (Fsp3) is 0.556. The quantitative estimate of drug-likeness (QED) is 0.923. The smallest absolute Gasteiger partial charge is 0.317 e. The first-order valence-corrected chi connectivity index (χ1v) is 8.50. The van der Waals surface area contributed by atoms with Gasteiger partial charge in [0.1, 0.15) is 5.82 Å². The largest absolute Gasteiger partial charge is 0.343 e. The normalized spacial score (nSPS) is 23.7. The number of nitrogens with zero attached hydrogens (tertiary/aromatic N) is 2. The van der Waals surface area contributed by atoms with Crippen LogP contribution in [-0.2, 0) is 4.79 Å². The van der Waals surface area contributed by atoms with Gasteiger partial charge in [0.2, 0.25) is 5.91 Å². The number of likely N-dealkylation sites (tertiary alicyclic amines) is 1. The van der Waals surface area contributed by atoms with Crippen LogP contribution >= 0.6 is 0 Å². The minimum Gasteiger partial charge on any atom is -0.343 e. The highest BCUT2D eigenvalue weighted by molar-refractivity contribution is 5.75. The summed E-state index contributed by atoms with van der Waals surface area (Å²) in [6, 6.07) is 6.82. The van der Waals surface area contributed by atoms with Gasteiger partial charge in [-0.1, -0.05) is 12.1 Å². The fourth-order valence-corrected chi connectivity index (χ4v) is 3.40. The molecule has 6 heteroatoms. The molecule has 5 nitrogen and oxygen atoms in total. The van der Waals surface area contributed by atoms with E-state index in [1.165, 1.54) is 12.1 Å². The molecule has 1 aromatic carbocycles. The summed E-state index contributed by atoms with van der Waals surface area (Å²) in [6.45, 7) is 2.91. The Kier molecular flexibility index (Phi) is 4.73. The summed E-state index contributed by atoms with van der Waals surface area (Å²) < 4.78 is 13.0. The van der Waals surface area contributed by atoms with Crippen molar-refractivity contribution in [2.75, 3.05) is 20.1 Å². The zero-order valence-electron chi connectivity index (χ0n) is 14.2. The lowest BCUT2D eigenvalue weighted by molar-refractivity contribution is -0.130. The van der Waals surface area contributed by atoms with Crippen LogP contribution in [0.25, 0.3) is 0 Å². The molecule has 1 aliphatic heterocycles. The van der Waals surface area contributed by atoms with E-state index in [0.717, 1.165) is 24.8 Å². The zero-order chi connectivity index (χ0) is 17.3. The van der Waals surface area contributed by atoms with Crippen LogP contribution in [0.2, 0.25) is 0 Å². The molecule has 1 saturated heterocycles. The molecule has 1 heterocycles. The van der Waals surface area contributed by atoms with Crippen molar-refractivity contribution in [3.63, 3.8) is 0 Å². The molecule has 130 valence electrons. The van der Waals surface area contributed by atoms with Gasteiger partial charge in [0.15, 0.2) is 0 Å². The Morgan fingerprint density at radius 1 is 1.21 bits per heavy atom. The third kappa shape index (κ3) is 3.68. The fourth-order valence-electron chi connectivity index (χ4n) is 3.40. The van der Waals surface area contributed by atoms with Gasteiger partial charge in [-0.15, -0.1) is 0 Å². The summed E-state index contributed by atoms with van der Waals surface area (Å²) in [5.41, 5.74) is 1.07. The van der Waals surface area contributed by atoms with Gasteiger partial charge in [0, 0.05) is 45.1 Å². The predicted molar refractivity (Wildman–Crippen MR) is 89.1 cm³/mol. The van der Waals surface area contributed by atoms with Crippen molar-refractivity contribution in [2.24, 2.45) is 0 Å². The van der Waals surface area contributed by atoms with E-state index in [1.807, 2.05) is 11.9 Å². The summed E-state index contributed by atoms with van der Waals surface area (Å²) in [5, 5.41) is 3.07. The first-order chi connectivity index (χ1) is 11.5. The van der Waals surface area contributed by atoms with Crippen LogP contribution in [0.5, 0.6) is 0 Å². The van der Waals surface area contributed by atoms with Crippen LogP contribution in [-0.4, -0.2) is 54.0 Å². The number of piperidine rings is 1. The summed E-state index contributed by atoms with van der Waals surface area (Å²) in [6.07, 6.45) is 2.53. The van der Waals surface area contributed by atoms with Crippen molar-refractivity contribution in [3.05, 3.63) is 35.6 Å². The van der Waals surface area contributed by atoms with Gasteiger partial charge in [-0.2, -0.15) is 0 Å². The third-order valence-corrected chi connectivity index (χ3v) is 5.19. The van der Waals surface area contributed by atoms with Crippen LogP contribution in [0.3, 0.4) is 0 Å². The van der Waals surface area contributed by atoms with E-state index in [9.17, 15) is 14.0 Å². The Balaban J connectivity index is 1.46. The Morgan fingerprint density at radius 3 is 2.42 bits per heavy atom. The number of amides is 3. The minimum absolute atomic E-state index is 0.0338. The standard InChI is InChI=1S/C18H24FN3O2/c1-12(23)21(2)15-7-9-22(10-8-15)18(24)20-17-11-16(17)13-3-5-14(19)6-4-13/h3-6,15-17H,7-11H2,1-2H3,(H,20,24). The Bertz CT molecular complexity index is 611. The molecule has 1 aliphatic carbocycles. The molecular weight excluding hydrogens is 309 g/mol. The zero-order valence-corrected chi connectivity index (χ0v) is 14.2. The van der Waals surface area contributed by atoms with E-state index in [2.05, 4.69) is 5.32 Å². The van der Waals surface area contributed by atoms with Crippen molar-refractivity contribution in [1.82, 2.24) is 15.1 Å². The van der Waals surface area contributed by atoms with Crippen LogP contribution < -0.4 is 5.32 Å². The second-order valence-electron chi connectivity index (χ2n) is 6.80. The second-order valence-corrected chi connectivity index (χ2v) is 6.80. The maximum absolute atomic E-state index is 13.0. The molecule has 0 spiro atoms. The molecule has 2 atom stereocenters. The first-order valence-electron chi connectivity index (χ1n) is 8.50. The number of carbonyl (C=O) groups excluding carboxylic acids is 2. The Hall–Kier alpha value is -2.11. The molecule has 3 amide bonds. The first kappa shape index (κ1) is 16.7. The van der Waals surface area contributed by atoms with Gasteiger partial charge in [-0.3, -0.25) is 4.79 Å². The van der Waals surface area contributed by atoms with E-state index in [0.29, 0.717) is 13.1 Å². The van der Waals surface area contributed by atoms with Crippen LogP contribution in [0, 0.1) is 5.82 Å². The molecule has 1 saturated carbocycles. The number of nitrogens with one attached hydrogen (secondary N) is 1. The van der Waals surface area contributed by atoms with Crippen molar-refractivity contribution in [1.29, 1.82) is 0 Å². The van der Waals surface area contributed by atoms with Gasteiger partial charge < -0.3 is 15.1 Å². The topological polar surface area (TPSA) is 52.7 Å². The van der Waals surface area contributed by atoms with Crippen LogP contribution in [0.4, 0.5) is 9.18 Å². The maximum Gasteiger partial charge on any atom is 0.317 e. The molecule has 1 N–H and O–H groups in total. The summed E-state index contributed by atoms with van der Waals surface area (Å²) in [4.78, 5) is 27.4. The Morgan fingerprint density at radius 2 is 1.83 bits per heavy atom. The minimum atomic E-state index is -0.238. The lowest BCUT2D eigenvalue weighted by Crippen LogP contribution is -2.50. The Labute approximate surface area is 141 Å². The molecule has 3 rings (SSSR count). The van der Waals surface area contributed by atoms with Crippen molar-refractivity contribution >= 4 is 11.9 Å². The van der Waals surface area contributed by atoms with E-state index >= 15 is 0 Å². The molecule has 0 bridgehead atoms. The number of hydrogen-bond acceptors (Lipinski definition) is 2. The molecular formula is C18H24FN3O2. The van der Waals surface area contributed by atoms with E-state index < -0.39 is 0 Å².